The van der Waals surface area contributed by atoms with Gasteiger partial charge in [-0.25, -0.2) is 0 Å². The topological polar surface area (TPSA) is 12.9 Å². The van der Waals surface area contributed by atoms with Crippen molar-refractivity contribution < 1.29 is 0 Å². The molecule has 0 saturated carbocycles. The minimum atomic E-state index is 1.17. The Labute approximate surface area is 90.1 Å². The summed E-state index contributed by atoms with van der Waals surface area (Å²) in [5, 5.41) is 0. The first-order valence-electron chi connectivity index (χ1n) is 5.00. The molecule has 74 valence electrons. The van der Waals surface area contributed by atoms with Crippen LogP contribution in [0.2, 0.25) is 0 Å². The molecule has 1 heteroatoms. The maximum Gasteiger partial charge on any atom is 0.0273 e. The Balaban J connectivity index is 2.23. The zero-order valence-electron chi connectivity index (χ0n) is 8.72. The Bertz CT molecular complexity index is 458. The number of hydrogen-bond acceptors (Lipinski definition) is 1. The zero-order chi connectivity index (χ0) is 10.5. The van der Waals surface area contributed by atoms with Crippen molar-refractivity contribution in [2.75, 3.05) is 0 Å². The highest BCUT2D eigenvalue weighted by Crippen LogP contribution is 2.11. The molecule has 0 aliphatic rings. The molecule has 0 fully saturated rings. The molecule has 2 aromatic rings. The van der Waals surface area contributed by atoms with Gasteiger partial charge >= 0.3 is 0 Å². The fraction of sp³-hybridized carbons (Fsp3) is 0.0714. The van der Waals surface area contributed by atoms with E-state index in [0.29, 0.717) is 0 Å². The second kappa shape index (κ2) is 4.56. The van der Waals surface area contributed by atoms with Crippen LogP contribution in [0.1, 0.15) is 16.7 Å². The normalized spacial score (nSPS) is 10.7. The van der Waals surface area contributed by atoms with Gasteiger partial charge in [0, 0.05) is 12.4 Å². The predicted octanol–water partition coefficient (Wildman–Crippen LogP) is 3.56. The summed E-state index contributed by atoms with van der Waals surface area (Å²) >= 11 is 0. The molecule has 15 heavy (non-hydrogen) atoms. The lowest BCUT2D eigenvalue weighted by Gasteiger charge is -1.98. The maximum atomic E-state index is 3.98. The minimum absolute atomic E-state index is 1.17. The van der Waals surface area contributed by atoms with E-state index in [1.165, 1.54) is 16.7 Å². The molecule has 1 aromatic carbocycles. The van der Waals surface area contributed by atoms with Crippen LogP contribution in [0.5, 0.6) is 0 Å². The van der Waals surface area contributed by atoms with Gasteiger partial charge in [0.2, 0.25) is 0 Å². The summed E-state index contributed by atoms with van der Waals surface area (Å²) in [5.41, 5.74) is 3.73. The van der Waals surface area contributed by atoms with Crippen molar-refractivity contribution in [3.8, 4) is 0 Å². The minimum Gasteiger partial charge on any atom is -0.265 e. The van der Waals surface area contributed by atoms with E-state index >= 15 is 0 Å². The number of aryl methyl sites for hydroxylation is 1. The highest BCUT2D eigenvalue weighted by Gasteiger charge is 1.90. The standard InChI is InChI=1S/C14H13N/c1-12-4-2-3-5-14(12)7-6-13-8-10-15-11-9-13/h2-11H,1H3. The largest absolute Gasteiger partial charge is 0.265 e. The third kappa shape index (κ3) is 2.53. The molecule has 0 aliphatic carbocycles. The van der Waals surface area contributed by atoms with Crippen LogP contribution in [-0.2, 0) is 0 Å². The SMILES string of the molecule is Cc1ccccc1C=Cc1ccncc1. The van der Waals surface area contributed by atoms with Gasteiger partial charge in [-0.3, -0.25) is 4.98 Å². The molecule has 0 aliphatic heterocycles. The van der Waals surface area contributed by atoms with E-state index in [1.807, 2.05) is 12.1 Å². The lowest BCUT2D eigenvalue weighted by atomic mass is 10.1. The molecule has 1 nitrogen and oxygen atoms in total. The molecule has 0 saturated heterocycles. The summed E-state index contributed by atoms with van der Waals surface area (Å²) in [6, 6.07) is 12.3. The molecule has 1 heterocycles. The number of aromatic nitrogens is 1. The van der Waals surface area contributed by atoms with E-state index in [-0.39, 0.29) is 0 Å². The van der Waals surface area contributed by atoms with E-state index in [9.17, 15) is 0 Å². The lowest BCUT2D eigenvalue weighted by Crippen LogP contribution is -1.78. The van der Waals surface area contributed by atoms with E-state index in [4.69, 9.17) is 0 Å². The molecule has 0 unspecified atom stereocenters. The molecule has 0 amide bonds. The summed E-state index contributed by atoms with van der Waals surface area (Å²) < 4.78 is 0. The van der Waals surface area contributed by atoms with Crippen LogP contribution in [-0.4, -0.2) is 4.98 Å². The maximum absolute atomic E-state index is 3.98. The summed E-state index contributed by atoms with van der Waals surface area (Å²) in [5.74, 6) is 0. The van der Waals surface area contributed by atoms with Crippen molar-refractivity contribution in [3.05, 3.63) is 65.5 Å². The molecule has 0 atom stereocenters. The third-order valence-corrected chi connectivity index (χ3v) is 2.35. The van der Waals surface area contributed by atoms with Crippen LogP contribution in [0.25, 0.3) is 12.2 Å². The van der Waals surface area contributed by atoms with Gasteiger partial charge in [-0.05, 0) is 35.7 Å². The molecule has 2 rings (SSSR count). The summed E-state index contributed by atoms with van der Waals surface area (Å²) in [6.07, 6.45) is 7.84. The van der Waals surface area contributed by atoms with E-state index in [0.717, 1.165) is 0 Å². The Morgan fingerprint density at radius 3 is 2.40 bits per heavy atom. The van der Waals surface area contributed by atoms with Crippen molar-refractivity contribution in [1.29, 1.82) is 0 Å². The number of pyridine rings is 1. The molecular formula is C14H13N. The van der Waals surface area contributed by atoms with Crippen molar-refractivity contribution in [3.63, 3.8) is 0 Å². The van der Waals surface area contributed by atoms with Crippen molar-refractivity contribution in [2.24, 2.45) is 0 Å². The highest BCUT2D eigenvalue weighted by molar-refractivity contribution is 5.70. The van der Waals surface area contributed by atoms with E-state index < -0.39 is 0 Å². The van der Waals surface area contributed by atoms with Gasteiger partial charge in [0.25, 0.3) is 0 Å². The van der Waals surface area contributed by atoms with Crippen LogP contribution < -0.4 is 0 Å². The van der Waals surface area contributed by atoms with Crippen LogP contribution >= 0.6 is 0 Å². The molecule has 0 spiro atoms. The number of benzene rings is 1. The zero-order valence-corrected chi connectivity index (χ0v) is 8.72. The van der Waals surface area contributed by atoms with Crippen LogP contribution in [0, 0.1) is 6.92 Å². The van der Waals surface area contributed by atoms with Crippen molar-refractivity contribution in [1.82, 2.24) is 4.98 Å². The Hall–Kier alpha value is -1.89. The smallest absolute Gasteiger partial charge is 0.0273 e. The number of hydrogen-bond donors (Lipinski definition) is 0. The second-order valence-corrected chi connectivity index (χ2v) is 3.47. The summed E-state index contributed by atoms with van der Waals surface area (Å²) in [7, 11) is 0. The van der Waals surface area contributed by atoms with E-state index in [2.05, 4.69) is 48.3 Å². The second-order valence-electron chi connectivity index (χ2n) is 3.47. The van der Waals surface area contributed by atoms with E-state index in [1.54, 1.807) is 12.4 Å². The third-order valence-electron chi connectivity index (χ3n) is 2.35. The van der Waals surface area contributed by atoms with Crippen LogP contribution in [0.15, 0.2) is 48.8 Å². The van der Waals surface area contributed by atoms with Gasteiger partial charge in [0.1, 0.15) is 0 Å². The van der Waals surface area contributed by atoms with Crippen molar-refractivity contribution >= 4 is 12.2 Å². The fourth-order valence-corrected chi connectivity index (χ4v) is 1.43. The van der Waals surface area contributed by atoms with Gasteiger partial charge in [-0.1, -0.05) is 36.4 Å². The first-order chi connectivity index (χ1) is 7.36. The Morgan fingerprint density at radius 2 is 1.67 bits per heavy atom. The van der Waals surface area contributed by atoms with Gasteiger partial charge in [0.05, 0.1) is 0 Å². The molecule has 0 radical (unpaired) electrons. The quantitative estimate of drug-likeness (QED) is 0.714. The average molecular weight is 195 g/mol. The first-order valence-corrected chi connectivity index (χ1v) is 5.00. The van der Waals surface area contributed by atoms with Crippen molar-refractivity contribution in [2.45, 2.75) is 6.92 Å². The molecular weight excluding hydrogens is 182 g/mol. The Kier molecular flexibility index (Phi) is 2.93. The molecule has 1 aromatic heterocycles. The molecule has 0 bridgehead atoms. The number of nitrogens with zero attached hydrogens (tertiary/aromatic N) is 1. The first kappa shape index (κ1) is 9.66. The number of rotatable bonds is 2. The molecule has 0 N–H and O–H groups in total. The van der Waals surface area contributed by atoms with Gasteiger partial charge < -0.3 is 0 Å². The Morgan fingerprint density at radius 1 is 0.933 bits per heavy atom. The fourth-order valence-electron chi connectivity index (χ4n) is 1.43. The monoisotopic (exact) mass is 195 g/mol. The predicted molar refractivity (Wildman–Crippen MR) is 64.3 cm³/mol. The van der Waals surface area contributed by atoms with Gasteiger partial charge in [-0.2, -0.15) is 0 Å². The van der Waals surface area contributed by atoms with Gasteiger partial charge in [-0.15, -0.1) is 0 Å². The highest BCUT2D eigenvalue weighted by atomic mass is 14.6. The summed E-state index contributed by atoms with van der Waals surface area (Å²) in [4.78, 5) is 3.98. The average Bonchev–Trinajstić information content (AvgIpc) is 2.29. The lowest BCUT2D eigenvalue weighted by molar-refractivity contribution is 1.32. The van der Waals surface area contributed by atoms with Crippen LogP contribution in [0.3, 0.4) is 0 Å². The summed E-state index contributed by atoms with van der Waals surface area (Å²) in [6.45, 7) is 2.12. The van der Waals surface area contributed by atoms with Gasteiger partial charge in [0.15, 0.2) is 0 Å². The van der Waals surface area contributed by atoms with Crippen LogP contribution in [0.4, 0.5) is 0 Å².